The van der Waals surface area contributed by atoms with Crippen LogP contribution in [0.1, 0.15) is 9.67 Å². The normalized spacial score (nSPS) is 9.50. The largest absolute Gasteiger partial charge is 0.375 e. The van der Waals surface area contributed by atoms with E-state index in [0.29, 0.717) is 4.88 Å². The van der Waals surface area contributed by atoms with Crippen molar-refractivity contribution in [3.8, 4) is 0 Å². The standard InChI is InChI=1S/C8H10N2O3S/c1-13-5-7(11)9-10-8(12)6-3-2-4-14-6/h2-4H,5H2,1H3,(H,9,11)(H,10,12). The molecule has 1 aromatic heterocycles. The van der Waals surface area contributed by atoms with E-state index < -0.39 is 5.91 Å². The summed E-state index contributed by atoms with van der Waals surface area (Å²) < 4.78 is 4.57. The van der Waals surface area contributed by atoms with Gasteiger partial charge in [0.15, 0.2) is 0 Å². The van der Waals surface area contributed by atoms with Crippen LogP contribution in [0.5, 0.6) is 0 Å². The summed E-state index contributed by atoms with van der Waals surface area (Å²) in [4.78, 5) is 22.7. The van der Waals surface area contributed by atoms with Crippen molar-refractivity contribution in [3.63, 3.8) is 0 Å². The molecule has 0 aliphatic heterocycles. The molecule has 1 rings (SSSR count). The summed E-state index contributed by atoms with van der Waals surface area (Å²) in [6, 6.07) is 3.43. The van der Waals surface area contributed by atoms with Crippen molar-refractivity contribution in [2.45, 2.75) is 0 Å². The first-order valence-corrected chi connectivity index (χ1v) is 4.73. The average molecular weight is 214 g/mol. The number of thiophene rings is 1. The Labute approximate surface area is 85.0 Å². The van der Waals surface area contributed by atoms with Gasteiger partial charge < -0.3 is 4.74 Å². The van der Waals surface area contributed by atoms with Gasteiger partial charge in [-0.25, -0.2) is 0 Å². The van der Waals surface area contributed by atoms with Crippen LogP contribution in [0.3, 0.4) is 0 Å². The van der Waals surface area contributed by atoms with Crippen LogP contribution in [0.2, 0.25) is 0 Å². The molecule has 0 unspecified atom stereocenters. The van der Waals surface area contributed by atoms with Crippen molar-refractivity contribution in [2.75, 3.05) is 13.7 Å². The summed E-state index contributed by atoms with van der Waals surface area (Å²) in [7, 11) is 1.40. The number of methoxy groups -OCH3 is 1. The zero-order chi connectivity index (χ0) is 10.4. The predicted molar refractivity (Wildman–Crippen MR) is 51.8 cm³/mol. The number of ether oxygens (including phenoxy) is 1. The van der Waals surface area contributed by atoms with E-state index in [9.17, 15) is 9.59 Å². The maximum Gasteiger partial charge on any atom is 0.279 e. The van der Waals surface area contributed by atoms with Crippen LogP contribution in [0.15, 0.2) is 17.5 Å². The second-order valence-corrected chi connectivity index (χ2v) is 3.36. The van der Waals surface area contributed by atoms with Gasteiger partial charge in [0.25, 0.3) is 11.8 Å². The number of amides is 2. The third-order valence-corrected chi connectivity index (χ3v) is 2.20. The molecule has 0 fully saturated rings. The molecule has 5 nitrogen and oxygen atoms in total. The molecule has 1 heterocycles. The summed E-state index contributed by atoms with van der Waals surface area (Å²) in [5, 5.41) is 1.78. The van der Waals surface area contributed by atoms with Gasteiger partial charge in [0.1, 0.15) is 6.61 Å². The summed E-state index contributed by atoms with van der Waals surface area (Å²) in [6.45, 7) is -0.0787. The van der Waals surface area contributed by atoms with Crippen LogP contribution < -0.4 is 10.9 Å². The highest BCUT2D eigenvalue weighted by atomic mass is 32.1. The van der Waals surface area contributed by atoms with Crippen LogP contribution in [0.25, 0.3) is 0 Å². The first-order chi connectivity index (χ1) is 6.74. The summed E-state index contributed by atoms with van der Waals surface area (Å²) in [5.74, 6) is -0.721. The quantitative estimate of drug-likeness (QED) is 0.704. The minimum Gasteiger partial charge on any atom is -0.375 e. The first-order valence-electron chi connectivity index (χ1n) is 3.85. The van der Waals surface area contributed by atoms with E-state index in [0.717, 1.165) is 0 Å². The van der Waals surface area contributed by atoms with E-state index >= 15 is 0 Å². The van der Waals surface area contributed by atoms with E-state index in [-0.39, 0.29) is 12.5 Å². The van der Waals surface area contributed by atoms with E-state index in [1.54, 1.807) is 17.5 Å². The molecule has 0 saturated heterocycles. The van der Waals surface area contributed by atoms with Crippen molar-refractivity contribution in [2.24, 2.45) is 0 Å². The molecule has 2 amide bonds. The van der Waals surface area contributed by atoms with Crippen molar-refractivity contribution in [3.05, 3.63) is 22.4 Å². The highest BCUT2D eigenvalue weighted by molar-refractivity contribution is 7.12. The van der Waals surface area contributed by atoms with Gasteiger partial charge in [-0.15, -0.1) is 11.3 Å². The fourth-order valence-corrected chi connectivity index (χ4v) is 1.38. The maximum absolute atomic E-state index is 11.3. The number of carbonyl (C=O) groups excluding carboxylic acids is 2. The van der Waals surface area contributed by atoms with Gasteiger partial charge >= 0.3 is 0 Å². The highest BCUT2D eigenvalue weighted by Crippen LogP contribution is 2.06. The molecule has 6 heteroatoms. The van der Waals surface area contributed by atoms with Crippen molar-refractivity contribution in [1.82, 2.24) is 10.9 Å². The smallest absolute Gasteiger partial charge is 0.279 e. The van der Waals surface area contributed by atoms with Crippen LogP contribution >= 0.6 is 11.3 Å². The van der Waals surface area contributed by atoms with E-state index in [1.807, 2.05) is 0 Å². The lowest BCUT2D eigenvalue weighted by molar-refractivity contribution is -0.125. The van der Waals surface area contributed by atoms with Gasteiger partial charge in [0.2, 0.25) is 0 Å². The Hall–Kier alpha value is -1.40. The first kappa shape index (κ1) is 10.7. The minimum absolute atomic E-state index is 0.0787. The fraction of sp³-hybridized carbons (Fsp3) is 0.250. The highest BCUT2D eigenvalue weighted by Gasteiger charge is 2.06. The molecule has 0 atom stereocenters. The van der Waals surface area contributed by atoms with Gasteiger partial charge in [-0.1, -0.05) is 6.07 Å². The van der Waals surface area contributed by atoms with Crippen molar-refractivity contribution < 1.29 is 14.3 Å². The fourth-order valence-electron chi connectivity index (χ4n) is 0.763. The molecule has 0 radical (unpaired) electrons. The Morgan fingerprint density at radius 3 is 2.86 bits per heavy atom. The molecule has 0 spiro atoms. The molecule has 2 N–H and O–H groups in total. The number of rotatable bonds is 3. The lowest BCUT2D eigenvalue weighted by atomic mass is 10.4. The molecule has 0 aromatic carbocycles. The minimum atomic E-state index is -0.391. The van der Waals surface area contributed by atoms with Crippen LogP contribution in [-0.2, 0) is 9.53 Å². The van der Waals surface area contributed by atoms with Gasteiger partial charge in [-0.3, -0.25) is 20.4 Å². The summed E-state index contributed by atoms with van der Waals surface area (Å²) in [5.41, 5.74) is 4.48. The number of nitrogens with one attached hydrogen (secondary N) is 2. The zero-order valence-electron chi connectivity index (χ0n) is 7.57. The third kappa shape index (κ3) is 3.15. The van der Waals surface area contributed by atoms with E-state index in [1.165, 1.54) is 18.4 Å². The lowest BCUT2D eigenvalue weighted by Gasteiger charge is -2.04. The summed E-state index contributed by atoms with van der Waals surface area (Å²) >= 11 is 1.30. The van der Waals surface area contributed by atoms with Crippen molar-refractivity contribution >= 4 is 23.2 Å². The SMILES string of the molecule is COCC(=O)NNC(=O)c1cccs1. The van der Waals surface area contributed by atoms with Crippen LogP contribution in [-0.4, -0.2) is 25.5 Å². The van der Waals surface area contributed by atoms with E-state index in [4.69, 9.17) is 0 Å². The topological polar surface area (TPSA) is 67.4 Å². The third-order valence-electron chi connectivity index (χ3n) is 1.34. The predicted octanol–water partition coefficient (Wildman–Crippen LogP) is 0.156. The molecular formula is C8H10N2O3S. The Bertz CT molecular complexity index is 310. The van der Waals surface area contributed by atoms with Crippen LogP contribution in [0.4, 0.5) is 0 Å². The van der Waals surface area contributed by atoms with Gasteiger partial charge in [-0.05, 0) is 11.4 Å². The number of carbonyl (C=O) groups is 2. The van der Waals surface area contributed by atoms with Crippen molar-refractivity contribution in [1.29, 1.82) is 0 Å². The number of hydrazine groups is 1. The molecular weight excluding hydrogens is 204 g/mol. The zero-order valence-corrected chi connectivity index (χ0v) is 8.39. The van der Waals surface area contributed by atoms with E-state index in [2.05, 4.69) is 15.6 Å². The Morgan fingerprint density at radius 2 is 2.29 bits per heavy atom. The second kappa shape index (κ2) is 5.36. The number of hydrogen-bond acceptors (Lipinski definition) is 4. The second-order valence-electron chi connectivity index (χ2n) is 2.41. The summed E-state index contributed by atoms with van der Waals surface area (Å²) in [6.07, 6.45) is 0. The molecule has 1 aromatic rings. The maximum atomic E-state index is 11.3. The molecule has 14 heavy (non-hydrogen) atoms. The Morgan fingerprint density at radius 1 is 1.50 bits per heavy atom. The molecule has 76 valence electrons. The van der Waals surface area contributed by atoms with Gasteiger partial charge in [0.05, 0.1) is 4.88 Å². The molecule has 0 aliphatic carbocycles. The lowest BCUT2D eigenvalue weighted by Crippen LogP contribution is -2.42. The Balaban J connectivity index is 2.32. The average Bonchev–Trinajstić information content (AvgIpc) is 2.67. The van der Waals surface area contributed by atoms with Gasteiger partial charge in [-0.2, -0.15) is 0 Å². The molecule has 0 saturated carbocycles. The monoisotopic (exact) mass is 214 g/mol. The Kier molecular flexibility index (Phi) is 4.09. The number of hydrogen-bond donors (Lipinski definition) is 2. The van der Waals surface area contributed by atoms with Gasteiger partial charge in [0, 0.05) is 7.11 Å². The molecule has 0 bridgehead atoms. The van der Waals surface area contributed by atoms with Crippen LogP contribution in [0, 0.1) is 0 Å². The molecule has 0 aliphatic rings.